The molecule has 0 atom stereocenters. The van der Waals surface area contributed by atoms with Gasteiger partial charge in [-0.1, -0.05) is 243 Å². The Kier molecular flexibility index (Phi) is 15.7. The molecule has 0 aliphatic carbocycles. The summed E-state index contributed by atoms with van der Waals surface area (Å²) in [6.45, 7) is 0. The number of benzene rings is 17. The van der Waals surface area contributed by atoms with Gasteiger partial charge in [-0.05, 0) is 127 Å². The lowest BCUT2D eigenvalue weighted by molar-refractivity contribution is -0.574. The Morgan fingerprint density at radius 3 is 1.26 bits per heavy atom. The molecule has 28 rings (SSSR count). The summed E-state index contributed by atoms with van der Waals surface area (Å²) in [6, 6.07) is 132. The van der Waals surface area contributed by atoms with E-state index in [1.54, 1.807) is 11.3 Å². The second kappa shape index (κ2) is 28.1. The number of hydrogen-bond donors (Lipinski definition) is 0. The van der Waals surface area contributed by atoms with Gasteiger partial charge in [-0.3, -0.25) is 0 Å². The molecule has 0 spiro atoms. The zero-order valence-corrected chi connectivity index (χ0v) is 68.7. The van der Waals surface area contributed by atoms with Gasteiger partial charge in [0.15, 0.2) is 63.5 Å². The average Bonchev–Trinajstić information content (AvgIpc) is 1.58. The minimum Gasteiger partial charge on any atom is -0.456 e. The lowest BCUT2D eigenvalue weighted by Gasteiger charge is -2.09. The standard InChI is InChI=1S/C57H32N4O3.C56H32N5O2S/c1-3-12-33(13-4-1)55-58-56(34-14-5-2-6-15-34)60-57(59-55)36-23-28-50-45(31-36)46-32-37(24-29-51(46)62-50)61-47-20-9-7-16-39(47)44-30-35(22-27-48(44)61)38-18-11-19-41-43-26-25-42-40-17-8-10-21-49(40)63-53(42)54(43)64-52(38)41;1-3-14-33(15-4-1)53-57-54(34-16-5-2-6-17-34)59-55(58-53)43-22-11-20-40-41-21-12-25-47(52(41)64-51(40)43)61-45-24-9-7-18-36(45)44-32-35(27-30-46(44)61)60-31-13-23-42-39-29-28-38-37-19-8-10-26-48(37)62-49(38)50(39)63-56(42)60/h2*1-32H/q;+1. The van der Waals surface area contributed by atoms with Crippen LogP contribution in [0.3, 0.4) is 0 Å². The highest BCUT2D eigenvalue weighted by atomic mass is 32.1. The third-order valence-corrected chi connectivity index (χ3v) is 26.5. The maximum absolute atomic E-state index is 6.79. The Morgan fingerprint density at radius 2 is 0.633 bits per heavy atom. The molecule has 15 heteroatoms. The second-order valence-corrected chi connectivity index (χ2v) is 33.5. The van der Waals surface area contributed by atoms with E-state index in [2.05, 4.69) is 232 Å². The molecule has 0 aliphatic rings. The molecular weight excluding hydrogens is 1600 g/mol. The van der Waals surface area contributed by atoms with Gasteiger partial charge in [-0.15, -0.1) is 15.9 Å². The van der Waals surface area contributed by atoms with Crippen molar-refractivity contribution in [2.45, 2.75) is 0 Å². The molecular formula is C113H64N9O5S+. The molecule has 596 valence electrons. The molecule has 11 heterocycles. The Balaban J connectivity index is 0.000000132. The summed E-state index contributed by atoms with van der Waals surface area (Å²) in [5.41, 5.74) is 23.3. The van der Waals surface area contributed by atoms with Crippen molar-refractivity contribution in [3.63, 3.8) is 0 Å². The average molecular weight is 1660 g/mol. The molecule has 0 bridgehead atoms. The number of pyridine rings is 1. The van der Waals surface area contributed by atoms with Crippen molar-refractivity contribution in [3.8, 4) is 96.5 Å². The fourth-order valence-electron chi connectivity index (χ4n) is 19.3. The van der Waals surface area contributed by atoms with Gasteiger partial charge >= 0.3 is 5.71 Å². The van der Waals surface area contributed by atoms with Gasteiger partial charge in [-0.2, -0.15) is 0 Å². The smallest absolute Gasteiger partial charge is 0.387 e. The first-order valence-corrected chi connectivity index (χ1v) is 43.4. The molecule has 0 saturated heterocycles. The Labute approximate surface area is 730 Å². The van der Waals surface area contributed by atoms with E-state index in [9.17, 15) is 0 Å². The molecule has 0 unspecified atom stereocenters. The van der Waals surface area contributed by atoms with E-state index in [0.717, 1.165) is 214 Å². The molecule has 11 aromatic heterocycles. The molecule has 0 fully saturated rings. The van der Waals surface area contributed by atoms with Crippen molar-refractivity contribution in [1.29, 1.82) is 0 Å². The first kappa shape index (κ1) is 71.3. The first-order valence-electron chi connectivity index (χ1n) is 42.6. The number of thiophene rings is 1. The van der Waals surface area contributed by atoms with Crippen LogP contribution in [0.15, 0.2) is 410 Å². The van der Waals surface area contributed by atoms with Crippen LogP contribution in [0.5, 0.6) is 0 Å². The van der Waals surface area contributed by atoms with E-state index in [1.807, 2.05) is 170 Å². The van der Waals surface area contributed by atoms with Crippen LogP contribution in [-0.2, 0) is 0 Å². The van der Waals surface area contributed by atoms with Crippen LogP contribution in [0.25, 0.3) is 270 Å². The minimum absolute atomic E-state index is 0.597. The summed E-state index contributed by atoms with van der Waals surface area (Å²) in [5.74, 6) is 3.78. The summed E-state index contributed by atoms with van der Waals surface area (Å²) in [7, 11) is 0. The van der Waals surface area contributed by atoms with Crippen molar-refractivity contribution in [3.05, 3.63) is 388 Å². The number of aromatic nitrogens is 9. The summed E-state index contributed by atoms with van der Waals surface area (Å²) in [6.07, 6.45) is 2.08. The van der Waals surface area contributed by atoms with E-state index < -0.39 is 0 Å². The van der Waals surface area contributed by atoms with Crippen molar-refractivity contribution in [2.24, 2.45) is 0 Å². The predicted molar refractivity (Wildman–Crippen MR) is 517 cm³/mol. The number of rotatable bonds is 10. The number of nitrogens with zero attached hydrogens (tertiary/aromatic N) is 9. The van der Waals surface area contributed by atoms with Crippen LogP contribution < -0.4 is 4.57 Å². The number of fused-ring (bicyclic) bond motifs is 26. The van der Waals surface area contributed by atoms with Crippen LogP contribution in [0.4, 0.5) is 0 Å². The Morgan fingerprint density at radius 1 is 0.219 bits per heavy atom. The summed E-state index contributed by atoms with van der Waals surface area (Å²) in [5, 5.41) is 17.4. The van der Waals surface area contributed by atoms with Crippen molar-refractivity contribution < 1.29 is 26.7 Å². The molecule has 17 aromatic carbocycles. The minimum atomic E-state index is 0.597. The van der Waals surface area contributed by atoms with Gasteiger partial charge in [0.1, 0.15) is 27.9 Å². The molecule has 0 radical (unpaired) electrons. The molecule has 0 saturated carbocycles. The molecule has 0 N–H and O–H groups in total. The second-order valence-electron chi connectivity index (χ2n) is 32.5. The maximum atomic E-state index is 6.79. The highest BCUT2D eigenvalue weighted by Crippen LogP contribution is 2.48. The number of furan rings is 5. The summed E-state index contributed by atoms with van der Waals surface area (Å²) in [4.78, 5) is 30.1. The Hall–Kier alpha value is -17.3. The van der Waals surface area contributed by atoms with Crippen molar-refractivity contribution in [1.82, 2.24) is 39.0 Å². The van der Waals surface area contributed by atoms with Gasteiger partial charge in [0.25, 0.3) is 0 Å². The van der Waals surface area contributed by atoms with Gasteiger partial charge < -0.3 is 31.2 Å². The molecule has 28 aromatic rings. The third-order valence-electron chi connectivity index (χ3n) is 25.2. The normalized spacial score (nSPS) is 12.1. The fourth-order valence-corrected chi connectivity index (χ4v) is 20.6. The SMILES string of the molecule is c1ccc(-c2nc(-c3ccccc3)nc(-c3ccc4oc5ccc(-n6c7ccccc7c7cc(-c8cccc9c8oc8c9ccc9c%10ccccc%10oc98)ccc76)cc5c4c3)n2)cc1.c1ccc(-c2nc(-c3ccccc3)nc(-c3cccc4c3sc3c(-n5c6ccccc6c6cc(-[n+]7cccc8c9ccc%10c%11ccccc%11oc%10c9oc87)ccc65)cccc34)n2)cc1. The van der Waals surface area contributed by atoms with Gasteiger partial charge in [-0.25, -0.2) is 29.9 Å². The van der Waals surface area contributed by atoms with Crippen molar-refractivity contribution >= 4 is 185 Å². The van der Waals surface area contributed by atoms with Crippen molar-refractivity contribution in [2.75, 3.05) is 0 Å². The van der Waals surface area contributed by atoms with Crippen LogP contribution >= 0.6 is 11.3 Å². The van der Waals surface area contributed by atoms with Gasteiger partial charge in [0.05, 0.1) is 37.8 Å². The fraction of sp³-hybridized carbons (Fsp3) is 0. The van der Waals surface area contributed by atoms with E-state index >= 15 is 0 Å². The Bertz CT molecular complexity index is 9380. The van der Waals surface area contributed by atoms with E-state index in [0.29, 0.717) is 34.9 Å². The summed E-state index contributed by atoms with van der Waals surface area (Å²) < 4.78 is 42.1. The summed E-state index contributed by atoms with van der Waals surface area (Å²) >= 11 is 1.79. The zero-order chi connectivity index (χ0) is 83.8. The van der Waals surface area contributed by atoms with Gasteiger partial charge in [0.2, 0.25) is 5.69 Å². The topological polar surface area (TPSA) is 157 Å². The molecule has 14 nitrogen and oxygen atoms in total. The largest absolute Gasteiger partial charge is 0.456 e. The molecule has 0 amide bonds. The first-order chi connectivity index (χ1) is 63.4. The van der Waals surface area contributed by atoms with Crippen LogP contribution in [0, 0.1) is 0 Å². The molecule has 0 aliphatic heterocycles. The quantitative estimate of drug-likeness (QED) is 0.120. The number of para-hydroxylation sites is 5. The zero-order valence-electron chi connectivity index (χ0n) is 67.9. The highest BCUT2D eigenvalue weighted by molar-refractivity contribution is 7.26. The van der Waals surface area contributed by atoms with E-state index in [-0.39, 0.29) is 0 Å². The third kappa shape index (κ3) is 11.1. The van der Waals surface area contributed by atoms with Gasteiger partial charge in [0, 0.05) is 148 Å². The van der Waals surface area contributed by atoms with Crippen LogP contribution in [0.2, 0.25) is 0 Å². The lowest BCUT2D eigenvalue weighted by Crippen LogP contribution is -2.30. The maximum Gasteiger partial charge on any atom is 0.387 e. The lowest BCUT2D eigenvalue weighted by atomic mass is 10.00. The van der Waals surface area contributed by atoms with Crippen LogP contribution in [0.1, 0.15) is 0 Å². The predicted octanol–water partition coefficient (Wildman–Crippen LogP) is 29.7. The van der Waals surface area contributed by atoms with E-state index in [4.69, 9.17) is 52.0 Å². The monoisotopic (exact) mass is 1660 g/mol. The van der Waals surface area contributed by atoms with Crippen LogP contribution in [-0.4, -0.2) is 39.0 Å². The highest BCUT2D eigenvalue weighted by Gasteiger charge is 2.28. The van der Waals surface area contributed by atoms with E-state index in [1.165, 1.54) is 20.9 Å². The number of hydrogen-bond acceptors (Lipinski definition) is 12. The molecule has 128 heavy (non-hydrogen) atoms.